The first kappa shape index (κ1) is 13.5. The normalized spacial score (nSPS) is 11.4. The molecule has 1 heterocycles. The minimum absolute atomic E-state index is 0.205. The summed E-state index contributed by atoms with van der Waals surface area (Å²) in [4.78, 5) is 11.5. The van der Waals surface area contributed by atoms with Gasteiger partial charge < -0.3 is 11.1 Å². The second-order valence-electron chi connectivity index (χ2n) is 3.47. The van der Waals surface area contributed by atoms with E-state index >= 15 is 0 Å². The Kier molecular flexibility index (Phi) is 4.46. The molecule has 8 nitrogen and oxygen atoms in total. The lowest BCUT2D eigenvalue weighted by atomic mass is 10.3. The molecular weight excluding hydrogens is 246 g/mol. The Morgan fingerprint density at radius 1 is 1.53 bits per heavy atom. The number of hydrogen-bond acceptors (Lipinski definition) is 5. The van der Waals surface area contributed by atoms with Crippen molar-refractivity contribution in [1.29, 1.82) is 0 Å². The van der Waals surface area contributed by atoms with Crippen LogP contribution in [0.4, 0.5) is 5.82 Å². The predicted octanol–water partition coefficient (Wildman–Crippen LogP) is -1.34. The number of rotatable bonds is 6. The summed E-state index contributed by atoms with van der Waals surface area (Å²) in [7, 11) is -3.17. The van der Waals surface area contributed by atoms with Gasteiger partial charge in [0.05, 0.1) is 12.5 Å². The molecule has 1 aromatic heterocycles. The summed E-state index contributed by atoms with van der Waals surface area (Å²) in [6, 6.07) is 0. The van der Waals surface area contributed by atoms with E-state index in [1.54, 1.807) is 0 Å². The van der Waals surface area contributed by atoms with Crippen LogP contribution in [0.15, 0.2) is 6.20 Å². The summed E-state index contributed by atoms with van der Waals surface area (Å²) < 4.78 is 23.8. The van der Waals surface area contributed by atoms with Crippen molar-refractivity contribution in [3.8, 4) is 0 Å². The van der Waals surface area contributed by atoms with Gasteiger partial charge in [0.15, 0.2) is 0 Å². The molecule has 0 spiro atoms. The van der Waals surface area contributed by atoms with E-state index in [2.05, 4.69) is 20.2 Å². The molecule has 0 radical (unpaired) electrons. The van der Waals surface area contributed by atoms with Gasteiger partial charge in [0.1, 0.15) is 11.4 Å². The average molecular weight is 261 g/mol. The minimum atomic E-state index is -3.17. The van der Waals surface area contributed by atoms with E-state index in [0.717, 1.165) is 6.26 Å². The lowest BCUT2D eigenvalue weighted by Crippen LogP contribution is -2.29. The lowest BCUT2D eigenvalue weighted by molar-refractivity contribution is 0.0954. The van der Waals surface area contributed by atoms with Crippen molar-refractivity contribution in [2.45, 2.75) is 6.42 Å². The van der Waals surface area contributed by atoms with Crippen LogP contribution >= 0.6 is 0 Å². The van der Waals surface area contributed by atoms with Gasteiger partial charge in [-0.2, -0.15) is 5.10 Å². The Morgan fingerprint density at radius 2 is 2.24 bits per heavy atom. The van der Waals surface area contributed by atoms with Crippen molar-refractivity contribution >= 4 is 21.7 Å². The van der Waals surface area contributed by atoms with Crippen LogP contribution in [0.5, 0.6) is 0 Å². The molecule has 0 fully saturated rings. The van der Waals surface area contributed by atoms with Crippen molar-refractivity contribution in [3.63, 3.8) is 0 Å². The maximum atomic E-state index is 11.5. The summed E-state index contributed by atoms with van der Waals surface area (Å²) in [6.45, 7) is 0.631. The van der Waals surface area contributed by atoms with Crippen LogP contribution in [-0.2, 0) is 10.0 Å². The molecule has 1 rings (SSSR count). The molecule has 0 saturated carbocycles. The average Bonchev–Trinajstić information content (AvgIpc) is 2.62. The van der Waals surface area contributed by atoms with Gasteiger partial charge in [-0.3, -0.25) is 9.89 Å². The molecule has 1 aromatic rings. The van der Waals surface area contributed by atoms with E-state index in [1.807, 2.05) is 0 Å². The van der Waals surface area contributed by atoms with Gasteiger partial charge in [0.2, 0.25) is 10.0 Å². The number of carbonyl (C=O) groups is 1. The van der Waals surface area contributed by atoms with Crippen LogP contribution in [0.2, 0.25) is 0 Å². The van der Waals surface area contributed by atoms with Gasteiger partial charge >= 0.3 is 0 Å². The number of nitrogens with zero attached hydrogens (tertiary/aromatic N) is 1. The quantitative estimate of drug-likeness (QED) is 0.471. The van der Waals surface area contributed by atoms with Crippen LogP contribution < -0.4 is 15.8 Å². The molecular formula is C8H15N5O3S. The Labute approximate surface area is 99.0 Å². The number of anilines is 1. The van der Waals surface area contributed by atoms with Crippen LogP contribution in [0.25, 0.3) is 0 Å². The number of amides is 1. The highest BCUT2D eigenvalue weighted by molar-refractivity contribution is 7.88. The third-order valence-corrected chi connectivity index (χ3v) is 2.65. The van der Waals surface area contributed by atoms with E-state index in [4.69, 9.17) is 5.73 Å². The largest absolute Gasteiger partial charge is 0.383 e. The zero-order valence-corrected chi connectivity index (χ0v) is 10.2. The molecule has 0 aliphatic heterocycles. The molecule has 96 valence electrons. The van der Waals surface area contributed by atoms with Crippen LogP contribution in [0.3, 0.4) is 0 Å². The van der Waals surface area contributed by atoms with E-state index < -0.39 is 10.0 Å². The van der Waals surface area contributed by atoms with Crippen molar-refractivity contribution in [1.82, 2.24) is 20.2 Å². The van der Waals surface area contributed by atoms with Gasteiger partial charge in [-0.25, -0.2) is 13.1 Å². The maximum absolute atomic E-state index is 11.5. The zero-order chi connectivity index (χ0) is 12.9. The molecule has 0 aromatic carbocycles. The number of nitrogens with two attached hydrogens (primary N) is 1. The SMILES string of the molecule is CS(=O)(=O)NCCCNC(=O)c1cn[nH]c1N. The molecule has 0 aliphatic carbocycles. The third kappa shape index (κ3) is 4.83. The Hall–Kier alpha value is -1.61. The van der Waals surface area contributed by atoms with E-state index in [-0.39, 0.29) is 23.8 Å². The zero-order valence-electron chi connectivity index (χ0n) is 9.36. The molecule has 17 heavy (non-hydrogen) atoms. The van der Waals surface area contributed by atoms with E-state index in [1.165, 1.54) is 6.20 Å². The Morgan fingerprint density at radius 3 is 2.76 bits per heavy atom. The summed E-state index contributed by atoms with van der Waals surface area (Å²) in [5, 5.41) is 8.66. The first-order valence-corrected chi connectivity index (χ1v) is 6.81. The van der Waals surface area contributed by atoms with Gasteiger partial charge in [0.25, 0.3) is 5.91 Å². The topological polar surface area (TPSA) is 130 Å². The summed E-state index contributed by atoms with van der Waals surface area (Å²) in [5.41, 5.74) is 5.74. The highest BCUT2D eigenvalue weighted by atomic mass is 32.2. The third-order valence-electron chi connectivity index (χ3n) is 1.92. The monoisotopic (exact) mass is 261 g/mol. The first-order chi connectivity index (χ1) is 7.90. The highest BCUT2D eigenvalue weighted by Crippen LogP contribution is 2.04. The smallest absolute Gasteiger partial charge is 0.256 e. The molecule has 9 heteroatoms. The summed E-state index contributed by atoms with van der Waals surface area (Å²) in [5.74, 6) is -0.132. The first-order valence-electron chi connectivity index (χ1n) is 4.92. The number of hydrogen-bond donors (Lipinski definition) is 4. The van der Waals surface area contributed by atoms with Gasteiger partial charge in [0, 0.05) is 13.1 Å². The standard InChI is InChI=1S/C8H15N5O3S/c1-17(15,16)12-4-2-3-10-8(14)6-5-11-13-7(6)9/h5,12H,2-4H2,1H3,(H,10,14)(H3,9,11,13). The van der Waals surface area contributed by atoms with Gasteiger partial charge in [-0.1, -0.05) is 0 Å². The fraction of sp³-hybridized carbons (Fsp3) is 0.500. The number of carbonyl (C=O) groups excluding carboxylic acids is 1. The molecule has 0 aliphatic rings. The minimum Gasteiger partial charge on any atom is -0.383 e. The highest BCUT2D eigenvalue weighted by Gasteiger charge is 2.10. The van der Waals surface area contributed by atoms with E-state index in [0.29, 0.717) is 13.0 Å². The van der Waals surface area contributed by atoms with Crippen molar-refractivity contribution in [2.75, 3.05) is 25.1 Å². The Balaban J connectivity index is 2.24. The van der Waals surface area contributed by atoms with Crippen LogP contribution in [-0.4, -0.2) is 43.9 Å². The fourth-order valence-electron chi connectivity index (χ4n) is 1.12. The number of sulfonamides is 1. The number of nitrogens with one attached hydrogen (secondary N) is 3. The number of aromatic nitrogens is 2. The van der Waals surface area contributed by atoms with Crippen LogP contribution in [0, 0.1) is 0 Å². The van der Waals surface area contributed by atoms with Crippen molar-refractivity contribution < 1.29 is 13.2 Å². The lowest BCUT2D eigenvalue weighted by Gasteiger charge is -2.04. The summed E-state index contributed by atoms with van der Waals surface area (Å²) in [6.07, 6.45) is 2.91. The van der Waals surface area contributed by atoms with Gasteiger partial charge in [-0.05, 0) is 6.42 Å². The number of H-pyrrole nitrogens is 1. The van der Waals surface area contributed by atoms with Crippen LogP contribution in [0.1, 0.15) is 16.8 Å². The molecule has 0 atom stereocenters. The summed E-state index contributed by atoms with van der Waals surface area (Å²) >= 11 is 0. The molecule has 5 N–H and O–H groups in total. The second-order valence-corrected chi connectivity index (χ2v) is 5.31. The number of nitrogen functional groups attached to an aromatic ring is 1. The number of aromatic amines is 1. The van der Waals surface area contributed by atoms with Gasteiger partial charge in [-0.15, -0.1) is 0 Å². The second kappa shape index (κ2) is 5.64. The molecule has 0 bridgehead atoms. The fourth-order valence-corrected chi connectivity index (χ4v) is 1.64. The molecule has 0 unspecified atom stereocenters. The van der Waals surface area contributed by atoms with Crippen molar-refractivity contribution in [2.24, 2.45) is 0 Å². The van der Waals surface area contributed by atoms with E-state index in [9.17, 15) is 13.2 Å². The molecule has 0 saturated heterocycles. The van der Waals surface area contributed by atoms with Crippen molar-refractivity contribution in [3.05, 3.63) is 11.8 Å². The Bertz CT molecular complexity index is 481. The molecule has 1 amide bonds. The predicted molar refractivity (Wildman–Crippen MR) is 62.8 cm³/mol. The maximum Gasteiger partial charge on any atom is 0.256 e.